The van der Waals surface area contributed by atoms with Gasteiger partial charge in [0.15, 0.2) is 0 Å². The average Bonchev–Trinajstić information content (AvgIpc) is 2.75. The van der Waals surface area contributed by atoms with Crippen molar-refractivity contribution in [3.8, 4) is 0 Å². The highest BCUT2D eigenvalue weighted by Gasteiger charge is 2.27. The van der Waals surface area contributed by atoms with Gasteiger partial charge in [-0.05, 0) is 61.4 Å². The monoisotopic (exact) mass is 514 g/mol. The van der Waals surface area contributed by atoms with E-state index < -0.39 is 6.04 Å². The molecule has 0 aliphatic heterocycles. The Bertz CT molecular complexity index is 886. The average molecular weight is 516 g/mol. The van der Waals surface area contributed by atoms with Crippen molar-refractivity contribution in [1.82, 2.24) is 10.2 Å². The van der Waals surface area contributed by atoms with Gasteiger partial charge in [-0.2, -0.15) is 0 Å². The van der Waals surface area contributed by atoms with Crippen molar-refractivity contribution in [2.24, 2.45) is 5.92 Å². The van der Waals surface area contributed by atoms with Gasteiger partial charge in [0.1, 0.15) is 6.04 Å². The van der Waals surface area contributed by atoms with Crippen LogP contribution in [0.5, 0.6) is 0 Å². The molecule has 1 N–H and O–H groups in total. The maximum Gasteiger partial charge on any atom is 0.242 e. The summed E-state index contributed by atoms with van der Waals surface area (Å²) in [4.78, 5) is 28.5. The summed E-state index contributed by atoms with van der Waals surface area (Å²) in [6.45, 7) is 6.51. The Morgan fingerprint density at radius 1 is 1.00 bits per heavy atom. The molecule has 0 saturated carbocycles. The predicted octanol–water partition coefficient (Wildman–Crippen LogP) is 6.71. The number of rotatable bonds is 11. The molecule has 0 fully saturated rings. The van der Waals surface area contributed by atoms with Crippen LogP contribution in [0.25, 0.3) is 0 Å². The molecular weight excluding hydrogens is 487 g/mol. The molecular formula is C24H29Cl3N2O2S. The summed E-state index contributed by atoms with van der Waals surface area (Å²) < 4.78 is 0. The van der Waals surface area contributed by atoms with Crippen molar-refractivity contribution in [3.63, 3.8) is 0 Å². The molecule has 2 rings (SSSR count). The Hall–Kier alpha value is -1.40. The fraction of sp³-hybridized carbons (Fsp3) is 0.417. The fourth-order valence-electron chi connectivity index (χ4n) is 2.98. The van der Waals surface area contributed by atoms with E-state index in [1.54, 1.807) is 41.8 Å². The molecule has 2 aromatic rings. The standard InChI is InChI=1S/C24H29Cl3N2O2S/c1-16(2)14-28-24(31)17(3)29(15-20-21(26)6-4-7-22(20)27)23(30)8-5-13-32-19-11-9-18(25)10-12-19/h4,6-7,9-12,16-17H,5,8,13-15H2,1-3H3,(H,28,31). The zero-order valence-electron chi connectivity index (χ0n) is 18.5. The molecule has 0 aliphatic carbocycles. The molecule has 4 nitrogen and oxygen atoms in total. The molecule has 0 aromatic heterocycles. The SMILES string of the molecule is CC(C)CNC(=O)C(C)N(Cc1c(Cl)cccc1Cl)C(=O)CCCSc1ccc(Cl)cc1. The van der Waals surface area contributed by atoms with Gasteiger partial charge < -0.3 is 10.2 Å². The molecule has 2 amide bonds. The van der Waals surface area contributed by atoms with Gasteiger partial charge in [-0.1, -0.05) is 54.7 Å². The zero-order valence-corrected chi connectivity index (χ0v) is 21.6. The molecule has 174 valence electrons. The Kier molecular flexibility index (Phi) is 11.2. The molecule has 1 atom stereocenters. The summed E-state index contributed by atoms with van der Waals surface area (Å²) in [6.07, 6.45) is 1.00. The number of thioether (sulfide) groups is 1. The Labute approximate surface area is 210 Å². The van der Waals surface area contributed by atoms with Gasteiger partial charge in [-0.3, -0.25) is 9.59 Å². The Balaban J connectivity index is 2.05. The number of benzene rings is 2. The number of halogens is 3. The highest BCUT2D eigenvalue weighted by Crippen LogP contribution is 2.27. The van der Waals surface area contributed by atoms with E-state index in [1.165, 1.54) is 0 Å². The summed E-state index contributed by atoms with van der Waals surface area (Å²) in [6, 6.07) is 12.2. The predicted molar refractivity (Wildman–Crippen MR) is 136 cm³/mol. The lowest BCUT2D eigenvalue weighted by Crippen LogP contribution is -2.48. The minimum atomic E-state index is -0.641. The molecule has 0 saturated heterocycles. The van der Waals surface area contributed by atoms with E-state index in [0.29, 0.717) is 45.9 Å². The van der Waals surface area contributed by atoms with Crippen molar-refractivity contribution >= 4 is 58.4 Å². The van der Waals surface area contributed by atoms with Gasteiger partial charge in [-0.15, -0.1) is 11.8 Å². The molecule has 8 heteroatoms. The van der Waals surface area contributed by atoms with Crippen LogP contribution in [0.2, 0.25) is 15.1 Å². The van der Waals surface area contributed by atoms with E-state index in [1.807, 2.05) is 38.1 Å². The Morgan fingerprint density at radius 3 is 2.22 bits per heavy atom. The summed E-state index contributed by atoms with van der Waals surface area (Å²) in [7, 11) is 0. The van der Waals surface area contributed by atoms with Crippen molar-refractivity contribution in [3.05, 3.63) is 63.1 Å². The third kappa shape index (κ3) is 8.51. The molecule has 32 heavy (non-hydrogen) atoms. The first kappa shape index (κ1) is 26.8. The fourth-order valence-corrected chi connectivity index (χ4v) is 4.47. The lowest BCUT2D eigenvalue weighted by atomic mass is 10.1. The molecule has 0 bridgehead atoms. The van der Waals surface area contributed by atoms with Gasteiger partial charge in [0.25, 0.3) is 0 Å². The number of nitrogens with zero attached hydrogens (tertiary/aromatic N) is 1. The van der Waals surface area contributed by atoms with Crippen LogP contribution in [-0.4, -0.2) is 35.1 Å². The number of carbonyl (C=O) groups is 2. The molecule has 1 unspecified atom stereocenters. The third-order valence-corrected chi connectivity index (χ3v) is 6.92. The molecule has 0 spiro atoms. The number of hydrogen-bond acceptors (Lipinski definition) is 3. The van der Waals surface area contributed by atoms with E-state index in [4.69, 9.17) is 34.8 Å². The first-order valence-electron chi connectivity index (χ1n) is 10.6. The third-order valence-electron chi connectivity index (χ3n) is 4.86. The molecule has 0 heterocycles. The van der Waals surface area contributed by atoms with Crippen LogP contribution < -0.4 is 5.32 Å². The molecule has 2 aromatic carbocycles. The quantitative estimate of drug-likeness (QED) is 0.267. The van der Waals surface area contributed by atoms with Crippen molar-refractivity contribution < 1.29 is 9.59 Å². The van der Waals surface area contributed by atoms with Crippen LogP contribution in [0.3, 0.4) is 0 Å². The number of nitrogens with one attached hydrogen (secondary N) is 1. The van der Waals surface area contributed by atoms with E-state index in [-0.39, 0.29) is 18.4 Å². The van der Waals surface area contributed by atoms with Gasteiger partial charge in [0.05, 0.1) is 0 Å². The largest absolute Gasteiger partial charge is 0.354 e. The topological polar surface area (TPSA) is 49.4 Å². The lowest BCUT2D eigenvalue weighted by Gasteiger charge is -2.29. The van der Waals surface area contributed by atoms with Crippen LogP contribution in [0.1, 0.15) is 39.2 Å². The zero-order chi connectivity index (χ0) is 23.7. The van der Waals surface area contributed by atoms with Gasteiger partial charge >= 0.3 is 0 Å². The van der Waals surface area contributed by atoms with E-state index in [2.05, 4.69) is 5.32 Å². The normalized spacial score (nSPS) is 12.0. The van der Waals surface area contributed by atoms with Gasteiger partial charge in [-0.25, -0.2) is 0 Å². The van der Waals surface area contributed by atoms with Gasteiger partial charge in [0, 0.05) is 45.0 Å². The Morgan fingerprint density at radius 2 is 1.62 bits per heavy atom. The lowest BCUT2D eigenvalue weighted by molar-refractivity contribution is -0.140. The second-order valence-corrected chi connectivity index (χ2v) is 10.4. The second kappa shape index (κ2) is 13.3. The van der Waals surface area contributed by atoms with Crippen LogP contribution in [0.15, 0.2) is 47.4 Å². The van der Waals surface area contributed by atoms with E-state index in [0.717, 1.165) is 10.6 Å². The summed E-state index contributed by atoms with van der Waals surface area (Å²) in [5.74, 6) is 0.802. The number of hydrogen-bond donors (Lipinski definition) is 1. The van der Waals surface area contributed by atoms with Crippen LogP contribution in [-0.2, 0) is 16.1 Å². The van der Waals surface area contributed by atoms with Crippen molar-refractivity contribution in [1.29, 1.82) is 0 Å². The van der Waals surface area contributed by atoms with E-state index >= 15 is 0 Å². The summed E-state index contributed by atoms with van der Waals surface area (Å²) >= 11 is 20.3. The minimum absolute atomic E-state index is 0.107. The first-order chi connectivity index (χ1) is 15.2. The summed E-state index contributed by atoms with van der Waals surface area (Å²) in [5, 5.41) is 4.56. The van der Waals surface area contributed by atoms with Crippen molar-refractivity contribution in [2.75, 3.05) is 12.3 Å². The first-order valence-corrected chi connectivity index (χ1v) is 12.7. The van der Waals surface area contributed by atoms with Gasteiger partial charge in [0.2, 0.25) is 11.8 Å². The summed E-state index contributed by atoms with van der Waals surface area (Å²) in [5.41, 5.74) is 0.642. The maximum absolute atomic E-state index is 13.1. The van der Waals surface area contributed by atoms with Crippen LogP contribution >= 0.6 is 46.6 Å². The second-order valence-electron chi connectivity index (χ2n) is 7.94. The minimum Gasteiger partial charge on any atom is -0.354 e. The maximum atomic E-state index is 13.1. The van der Waals surface area contributed by atoms with Crippen LogP contribution in [0, 0.1) is 5.92 Å². The number of carbonyl (C=O) groups excluding carboxylic acids is 2. The highest BCUT2D eigenvalue weighted by molar-refractivity contribution is 7.99. The van der Waals surface area contributed by atoms with E-state index in [9.17, 15) is 9.59 Å². The van der Waals surface area contributed by atoms with Crippen molar-refractivity contribution in [2.45, 2.75) is 51.1 Å². The number of amides is 2. The molecule has 0 radical (unpaired) electrons. The highest BCUT2D eigenvalue weighted by atomic mass is 35.5. The van der Waals surface area contributed by atoms with Crippen LogP contribution in [0.4, 0.5) is 0 Å². The molecule has 0 aliphatic rings. The smallest absolute Gasteiger partial charge is 0.242 e.